The van der Waals surface area contributed by atoms with Gasteiger partial charge in [0.15, 0.2) is 5.13 Å². The first-order valence-corrected chi connectivity index (χ1v) is 8.07. The molecule has 2 rings (SSSR count). The molecule has 0 bridgehead atoms. The van der Waals surface area contributed by atoms with Crippen LogP contribution in [0.25, 0.3) is 0 Å². The fourth-order valence-electron chi connectivity index (χ4n) is 2.07. The number of aromatic nitrogens is 1. The third-order valence-electron chi connectivity index (χ3n) is 3.34. The summed E-state index contributed by atoms with van der Waals surface area (Å²) in [6.07, 6.45) is 0.329. The van der Waals surface area contributed by atoms with E-state index in [0.717, 1.165) is 22.6 Å². The maximum Gasteiger partial charge on any atom is 0.230 e. The van der Waals surface area contributed by atoms with Gasteiger partial charge in [-0.1, -0.05) is 32.9 Å². The topological polar surface area (TPSA) is 51.2 Å². The highest BCUT2D eigenvalue weighted by Crippen LogP contribution is 2.26. The van der Waals surface area contributed by atoms with Crippen molar-refractivity contribution in [2.24, 2.45) is 0 Å². The summed E-state index contributed by atoms with van der Waals surface area (Å²) in [6, 6.07) is 5.77. The first kappa shape index (κ1) is 16.5. The molecule has 0 spiro atoms. The summed E-state index contributed by atoms with van der Waals surface area (Å²) in [7, 11) is 1.64. The summed E-state index contributed by atoms with van der Waals surface area (Å²) in [5.41, 5.74) is 2.97. The van der Waals surface area contributed by atoms with Crippen LogP contribution in [0.2, 0.25) is 0 Å². The maximum atomic E-state index is 12.1. The van der Waals surface area contributed by atoms with Crippen LogP contribution in [0.3, 0.4) is 0 Å². The van der Waals surface area contributed by atoms with E-state index >= 15 is 0 Å². The number of amides is 1. The predicted octanol–water partition coefficient (Wildman–Crippen LogP) is 3.94. The van der Waals surface area contributed by atoms with E-state index in [2.05, 4.69) is 31.1 Å². The van der Waals surface area contributed by atoms with Crippen molar-refractivity contribution in [2.45, 2.75) is 39.5 Å². The molecule has 1 aromatic carbocycles. The molecule has 1 aromatic heterocycles. The normalized spacial score (nSPS) is 11.3. The Hall–Kier alpha value is -1.88. The second kappa shape index (κ2) is 6.48. The van der Waals surface area contributed by atoms with Crippen LogP contribution in [0.4, 0.5) is 5.13 Å². The molecule has 118 valence electrons. The minimum absolute atomic E-state index is 0.00737. The van der Waals surface area contributed by atoms with Crippen LogP contribution < -0.4 is 10.1 Å². The quantitative estimate of drug-likeness (QED) is 0.929. The van der Waals surface area contributed by atoms with Crippen molar-refractivity contribution in [1.82, 2.24) is 4.98 Å². The van der Waals surface area contributed by atoms with Gasteiger partial charge in [0.2, 0.25) is 5.91 Å². The second-order valence-electron chi connectivity index (χ2n) is 6.32. The van der Waals surface area contributed by atoms with Gasteiger partial charge in [0, 0.05) is 10.8 Å². The van der Waals surface area contributed by atoms with Crippen molar-refractivity contribution >= 4 is 22.4 Å². The molecule has 0 saturated carbocycles. The van der Waals surface area contributed by atoms with Crippen molar-refractivity contribution < 1.29 is 9.53 Å². The summed E-state index contributed by atoms with van der Waals surface area (Å²) in [6.45, 7) is 8.28. The van der Waals surface area contributed by atoms with Crippen LogP contribution in [0.15, 0.2) is 23.6 Å². The van der Waals surface area contributed by atoms with Crippen molar-refractivity contribution in [3.05, 3.63) is 40.4 Å². The number of rotatable bonds is 4. The lowest BCUT2D eigenvalue weighted by Gasteiger charge is -2.14. The molecule has 0 fully saturated rings. The number of methoxy groups -OCH3 is 1. The van der Waals surface area contributed by atoms with Crippen molar-refractivity contribution in [2.75, 3.05) is 12.4 Å². The Morgan fingerprint density at radius 3 is 2.64 bits per heavy atom. The van der Waals surface area contributed by atoms with Gasteiger partial charge in [0.1, 0.15) is 5.75 Å². The Morgan fingerprint density at radius 2 is 2.09 bits per heavy atom. The number of hydrogen-bond acceptors (Lipinski definition) is 4. The summed E-state index contributed by atoms with van der Waals surface area (Å²) in [5, 5.41) is 5.51. The largest absolute Gasteiger partial charge is 0.496 e. The fraction of sp³-hybridized carbons (Fsp3) is 0.412. The van der Waals surface area contributed by atoms with Gasteiger partial charge in [-0.2, -0.15) is 0 Å². The molecule has 2 aromatic rings. The van der Waals surface area contributed by atoms with Crippen molar-refractivity contribution in [1.29, 1.82) is 0 Å². The lowest BCUT2D eigenvalue weighted by atomic mass is 9.93. The maximum absolute atomic E-state index is 12.1. The van der Waals surface area contributed by atoms with E-state index in [9.17, 15) is 4.79 Å². The lowest BCUT2D eigenvalue weighted by Crippen LogP contribution is -2.15. The molecule has 4 nitrogen and oxygen atoms in total. The van der Waals surface area contributed by atoms with Gasteiger partial charge in [-0.3, -0.25) is 4.79 Å². The number of thiazole rings is 1. The van der Waals surface area contributed by atoms with Crippen molar-refractivity contribution in [3.63, 3.8) is 0 Å². The highest BCUT2D eigenvalue weighted by Gasteiger charge is 2.18. The molecule has 22 heavy (non-hydrogen) atoms. The minimum atomic E-state index is -0.0561. The Labute approximate surface area is 135 Å². The highest BCUT2D eigenvalue weighted by molar-refractivity contribution is 7.13. The molecule has 0 radical (unpaired) electrons. The first-order valence-electron chi connectivity index (χ1n) is 7.19. The van der Waals surface area contributed by atoms with Gasteiger partial charge in [0.25, 0.3) is 0 Å². The minimum Gasteiger partial charge on any atom is -0.496 e. The van der Waals surface area contributed by atoms with Crippen LogP contribution in [0.5, 0.6) is 5.75 Å². The number of aryl methyl sites for hydroxylation is 1. The lowest BCUT2D eigenvalue weighted by molar-refractivity contribution is -0.115. The van der Waals surface area contributed by atoms with E-state index in [1.165, 1.54) is 11.3 Å². The molecule has 5 heteroatoms. The molecular formula is C17H22N2O2S. The van der Waals surface area contributed by atoms with Crippen LogP contribution in [0.1, 0.15) is 37.6 Å². The van der Waals surface area contributed by atoms with E-state index in [4.69, 9.17) is 4.74 Å². The molecule has 0 unspecified atom stereocenters. The Balaban J connectivity index is 2.01. The van der Waals surface area contributed by atoms with Gasteiger partial charge in [0.05, 0.1) is 19.2 Å². The zero-order valence-corrected chi connectivity index (χ0v) is 14.5. The number of nitrogens with one attached hydrogen (secondary N) is 1. The summed E-state index contributed by atoms with van der Waals surface area (Å²) in [5.74, 6) is 0.776. The predicted molar refractivity (Wildman–Crippen MR) is 90.9 cm³/mol. The van der Waals surface area contributed by atoms with Crippen LogP contribution >= 0.6 is 11.3 Å². The molecule has 0 aliphatic heterocycles. The van der Waals surface area contributed by atoms with E-state index in [0.29, 0.717) is 11.6 Å². The first-order chi connectivity index (χ1) is 10.3. The standard InChI is InChI=1S/C17H22N2O2S/c1-11-8-12(6-7-13(11)21-5)9-15(20)19-16-18-14(10-22-16)17(2,3)4/h6-8,10H,9H2,1-5H3,(H,18,19,20). The highest BCUT2D eigenvalue weighted by atomic mass is 32.1. The number of carbonyl (C=O) groups excluding carboxylic acids is 1. The summed E-state index contributed by atoms with van der Waals surface area (Å²) >= 11 is 1.46. The van der Waals surface area contributed by atoms with E-state index in [-0.39, 0.29) is 11.3 Å². The average Bonchev–Trinajstić information content (AvgIpc) is 2.87. The Morgan fingerprint density at radius 1 is 1.36 bits per heavy atom. The zero-order chi connectivity index (χ0) is 16.3. The number of benzene rings is 1. The second-order valence-corrected chi connectivity index (χ2v) is 7.17. The Bertz CT molecular complexity index is 672. The zero-order valence-electron chi connectivity index (χ0n) is 13.7. The summed E-state index contributed by atoms with van der Waals surface area (Å²) < 4.78 is 5.23. The molecular weight excluding hydrogens is 296 g/mol. The van der Waals surface area contributed by atoms with Crippen molar-refractivity contribution in [3.8, 4) is 5.75 Å². The number of nitrogens with zero attached hydrogens (tertiary/aromatic N) is 1. The molecule has 1 N–H and O–H groups in total. The SMILES string of the molecule is COc1ccc(CC(=O)Nc2nc(C(C)(C)C)cs2)cc1C. The molecule has 1 heterocycles. The molecule has 0 aliphatic rings. The van der Waals surface area contributed by atoms with Crippen LogP contribution in [0, 0.1) is 6.92 Å². The van der Waals surface area contributed by atoms with Gasteiger partial charge < -0.3 is 10.1 Å². The third kappa shape index (κ3) is 4.07. The van der Waals surface area contributed by atoms with Gasteiger partial charge in [-0.15, -0.1) is 11.3 Å². The van der Waals surface area contributed by atoms with Crippen LogP contribution in [-0.4, -0.2) is 18.0 Å². The van der Waals surface area contributed by atoms with Gasteiger partial charge in [-0.05, 0) is 24.1 Å². The number of hydrogen-bond donors (Lipinski definition) is 1. The molecule has 0 aliphatic carbocycles. The smallest absolute Gasteiger partial charge is 0.230 e. The van der Waals surface area contributed by atoms with E-state index in [1.807, 2.05) is 30.5 Å². The third-order valence-corrected chi connectivity index (χ3v) is 4.10. The average molecular weight is 318 g/mol. The monoisotopic (exact) mass is 318 g/mol. The Kier molecular flexibility index (Phi) is 4.86. The molecule has 1 amide bonds. The number of anilines is 1. The fourth-order valence-corrected chi connectivity index (χ4v) is 3.03. The van der Waals surface area contributed by atoms with E-state index in [1.54, 1.807) is 7.11 Å². The summed E-state index contributed by atoms with van der Waals surface area (Å²) in [4.78, 5) is 16.6. The number of carbonyl (C=O) groups is 1. The van der Waals surface area contributed by atoms with Gasteiger partial charge >= 0.3 is 0 Å². The molecule has 0 saturated heterocycles. The van der Waals surface area contributed by atoms with E-state index < -0.39 is 0 Å². The molecule has 0 atom stereocenters. The van der Waals surface area contributed by atoms with Gasteiger partial charge in [-0.25, -0.2) is 4.98 Å². The number of ether oxygens (including phenoxy) is 1. The van der Waals surface area contributed by atoms with Crippen LogP contribution in [-0.2, 0) is 16.6 Å².